The Balaban J connectivity index is 0.000000980. The van der Waals surface area contributed by atoms with Crippen molar-refractivity contribution in [2.24, 2.45) is 0 Å². The molecule has 1 saturated heterocycles. The Morgan fingerprint density at radius 1 is 1.38 bits per heavy atom. The zero-order valence-corrected chi connectivity index (χ0v) is 15.2. The molecule has 1 saturated carbocycles. The summed E-state index contributed by atoms with van der Waals surface area (Å²) >= 11 is 0. The van der Waals surface area contributed by atoms with Gasteiger partial charge in [-0.2, -0.15) is 0 Å². The van der Waals surface area contributed by atoms with Crippen LogP contribution in [0.5, 0.6) is 11.5 Å². The molecule has 26 heavy (non-hydrogen) atoms. The Morgan fingerprint density at radius 3 is 2.88 bits per heavy atom. The summed E-state index contributed by atoms with van der Waals surface area (Å²) in [6.45, 7) is 5.36. The lowest BCUT2D eigenvalue weighted by molar-refractivity contribution is -0.187. The molecule has 0 aromatic heterocycles. The van der Waals surface area contributed by atoms with Gasteiger partial charge in [-0.05, 0) is 30.9 Å². The zero-order valence-electron chi connectivity index (χ0n) is 14.4. The van der Waals surface area contributed by atoms with Gasteiger partial charge in [0.2, 0.25) is 0 Å². The molecule has 0 unspecified atom stereocenters. The number of ether oxygens (including phenoxy) is 1. The number of hydrogen-bond acceptors (Lipinski definition) is 5. The fourth-order valence-electron chi connectivity index (χ4n) is 5.80. The molecule has 4 atom stereocenters. The van der Waals surface area contributed by atoms with Crippen LogP contribution in [0.1, 0.15) is 30.4 Å². The maximum atomic E-state index is 12.6. The number of carbonyl (C=O) groups excluding carboxylic acids is 1. The number of halogens is 1. The summed E-state index contributed by atoms with van der Waals surface area (Å²) in [5.41, 5.74) is 0.256. The van der Waals surface area contributed by atoms with E-state index in [4.69, 9.17) is 4.74 Å². The summed E-state index contributed by atoms with van der Waals surface area (Å²) in [4.78, 5) is 14.9. The van der Waals surface area contributed by atoms with Crippen LogP contribution in [0.4, 0.5) is 0 Å². The summed E-state index contributed by atoms with van der Waals surface area (Å²) in [5, 5.41) is 22.1. The summed E-state index contributed by atoms with van der Waals surface area (Å²) in [7, 11) is 0. The SMILES string of the molecule is C=CCN1CC[C@]23c4c5ccc(O)c4O[C@@H]2C(=O)CC[C@@]3(O)[C@H]1C5.Cl.O. The minimum Gasteiger partial charge on any atom is -0.504 e. The lowest BCUT2D eigenvalue weighted by atomic mass is 9.49. The topological polar surface area (TPSA) is 102 Å². The molecule has 1 spiro atoms. The first kappa shape index (κ1) is 19.2. The van der Waals surface area contributed by atoms with Crippen molar-refractivity contribution in [3.8, 4) is 11.5 Å². The average molecular weight is 382 g/mol. The first-order valence-electron chi connectivity index (χ1n) is 8.65. The predicted molar refractivity (Wildman–Crippen MR) is 98.1 cm³/mol. The number of hydrogen-bond donors (Lipinski definition) is 2. The van der Waals surface area contributed by atoms with Crippen molar-refractivity contribution in [3.63, 3.8) is 0 Å². The first-order chi connectivity index (χ1) is 11.5. The van der Waals surface area contributed by atoms with Gasteiger partial charge >= 0.3 is 0 Å². The number of aliphatic hydroxyl groups is 1. The van der Waals surface area contributed by atoms with E-state index in [0.29, 0.717) is 31.4 Å². The van der Waals surface area contributed by atoms with Crippen LogP contribution in [-0.2, 0) is 16.6 Å². The number of likely N-dealkylation sites (tertiary alicyclic amines) is 1. The standard InChI is InChI=1S/C19H21NO4.ClH.H2O/c1-2-8-20-9-7-18-15-11-3-4-12(21)16(15)24-17(18)13(22)5-6-19(18,23)14(20)10-11;;/h2-4,14,17,21,23H,1,5-10H2;1H;1H2/t14-,17-,18+,19-;;/m1../s1. The van der Waals surface area contributed by atoms with Crippen molar-refractivity contribution in [1.82, 2.24) is 4.90 Å². The molecule has 2 fully saturated rings. The van der Waals surface area contributed by atoms with Crippen LogP contribution in [0.3, 0.4) is 0 Å². The number of ketones is 1. The second-order valence-corrected chi connectivity index (χ2v) is 7.56. The summed E-state index contributed by atoms with van der Waals surface area (Å²) in [6.07, 6.45) is 3.35. The van der Waals surface area contributed by atoms with E-state index in [-0.39, 0.29) is 35.5 Å². The fraction of sp³-hybridized carbons (Fsp3) is 0.526. The second kappa shape index (κ2) is 5.96. The number of piperidine rings is 1. The van der Waals surface area contributed by atoms with Crippen LogP contribution in [0, 0.1) is 0 Å². The van der Waals surface area contributed by atoms with Crippen LogP contribution < -0.4 is 4.74 Å². The zero-order chi connectivity index (χ0) is 16.7. The predicted octanol–water partition coefficient (Wildman–Crippen LogP) is 0.898. The smallest absolute Gasteiger partial charge is 0.174 e. The Labute approximate surface area is 158 Å². The number of rotatable bonds is 2. The van der Waals surface area contributed by atoms with Gasteiger partial charge in [0, 0.05) is 31.1 Å². The van der Waals surface area contributed by atoms with E-state index >= 15 is 0 Å². The third-order valence-electron chi connectivity index (χ3n) is 6.73. The minimum absolute atomic E-state index is 0. The monoisotopic (exact) mass is 381 g/mol. The van der Waals surface area contributed by atoms with Crippen LogP contribution in [-0.4, -0.2) is 57.2 Å². The van der Waals surface area contributed by atoms with E-state index in [9.17, 15) is 15.0 Å². The molecule has 1 aromatic carbocycles. The Morgan fingerprint density at radius 2 is 2.15 bits per heavy atom. The molecular weight excluding hydrogens is 358 g/mol. The highest BCUT2D eigenvalue weighted by Gasteiger charge is 2.72. The van der Waals surface area contributed by atoms with Gasteiger partial charge in [-0.15, -0.1) is 19.0 Å². The third-order valence-corrected chi connectivity index (χ3v) is 6.73. The Hall–Kier alpha value is -1.60. The lowest BCUT2D eigenvalue weighted by Gasteiger charge is -2.62. The number of carbonyl (C=O) groups is 1. The molecule has 2 aliphatic carbocycles. The molecule has 0 amide bonds. The lowest BCUT2D eigenvalue weighted by Crippen LogP contribution is -2.76. The van der Waals surface area contributed by atoms with E-state index in [1.54, 1.807) is 6.07 Å². The number of benzene rings is 1. The molecule has 2 bridgehead atoms. The quantitative estimate of drug-likeness (QED) is 0.741. The van der Waals surface area contributed by atoms with Crippen molar-refractivity contribution in [2.45, 2.75) is 48.8 Å². The van der Waals surface area contributed by atoms with Gasteiger partial charge in [0.1, 0.15) is 0 Å². The molecule has 4 N–H and O–H groups in total. The van der Waals surface area contributed by atoms with E-state index in [1.807, 2.05) is 12.1 Å². The third kappa shape index (κ3) is 1.90. The molecule has 7 heteroatoms. The highest BCUT2D eigenvalue weighted by molar-refractivity contribution is 5.90. The van der Waals surface area contributed by atoms with E-state index in [0.717, 1.165) is 24.2 Å². The minimum atomic E-state index is -1.00. The van der Waals surface area contributed by atoms with Gasteiger partial charge < -0.3 is 20.4 Å². The maximum absolute atomic E-state index is 12.6. The summed E-state index contributed by atoms with van der Waals surface area (Å²) < 4.78 is 5.98. The molecule has 0 radical (unpaired) electrons. The molecule has 4 aliphatic rings. The van der Waals surface area contributed by atoms with Crippen LogP contribution in [0.25, 0.3) is 0 Å². The summed E-state index contributed by atoms with van der Waals surface area (Å²) in [6, 6.07) is 3.52. The molecule has 5 rings (SSSR count). The largest absolute Gasteiger partial charge is 0.504 e. The molecule has 2 heterocycles. The highest BCUT2D eigenvalue weighted by atomic mass is 35.5. The summed E-state index contributed by atoms with van der Waals surface area (Å²) in [5.74, 6) is 0.528. The maximum Gasteiger partial charge on any atom is 0.174 e. The van der Waals surface area contributed by atoms with Gasteiger partial charge in [0.15, 0.2) is 23.4 Å². The first-order valence-corrected chi connectivity index (χ1v) is 8.65. The number of nitrogens with zero attached hydrogens (tertiary/aromatic N) is 1. The van der Waals surface area contributed by atoms with Crippen molar-refractivity contribution in [3.05, 3.63) is 35.9 Å². The average Bonchev–Trinajstić information content (AvgIpc) is 2.91. The number of phenolic OH excluding ortho intramolecular Hbond substituents is 1. The van der Waals surface area contributed by atoms with Crippen molar-refractivity contribution in [2.75, 3.05) is 13.1 Å². The number of Topliss-reactive ketones (excluding diaryl/α,β-unsaturated/α-hetero) is 1. The molecule has 1 aromatic rings. The van der Waals surface area contributed by atoms with Gasteiger partial charge in [-0.25, -0.2) is 0 Å². The second-order valence-electron chi connectivity index (χ2n) is 7.56. The fourth-order valence-corrected chi connectivity index (χ4v) is 5.80. The molecule has 2 aliphatic heterocycles. The number of aromatic hydroxyl groups is 1. The van der Waals surface area contributed by atoms with Crippen LogP contribution in [0.15, 0.2) is 24.8 Å². The van der Waals surface area contributed by atoms with E-state index < -0.39 is 17.1 Å². The highest BCUT2D eigenvalue weighted by Crippen LogP contribution is 2.64. The van der Waals surface area contributed by atoms with Gasteiger partial charge in [0.25, 0.3) is 0 Å². The molecular formula is C19H24ClNO5. The number of phenols is 1. The van der Waals surface area contributed by atoms with Crippen LogP contribution >= 0.6 is 12.4 Å². The van der Waals surface area contributed by atoms with Gasteiger partial charge in [-0.1, -0.05) is 12.1 Å². The van der Waals surface area contributed by atoms with Gasteiger partial charge in [0.05, 0.1) is 11.0 Å². The van der Waals surface area contributed by atoms with Gasteiger partial charge in [-0.3, -0.25) is 9.69 Å². The van der Waals surface area contributed by atoms with Crippen molar-refractivity contribution in [1.29, 1.82) is 0 Å². The van der Waals surface area contributed by atoms with Crippen LogP contribution in [0.2, 0.25) is 0 Å². The normalized spacial score (nSPS) is 36.3. The van der Waals surface area contributed by atoms with E-state index in [2.05, 4.69) is 11.5 Å². The Bertz CT molecular complexity index is 783. The Kier molecular flexibility index (Phi) is 4.39. The van der Waals surface area contributed by atoms with Crippen molar-refractivity contribution >= 4 is 18.2 Å². The van der Waals surface area contributed by atoms with E-state index in [1.165, 1.54) is 0 Å². The molecule has 142 valence electrons. The van der Waals surface area contributed by atoms with Crippen molar-refractivity contribution < 1.29 is 25.2 Å². The molecule has 6 nitrogen and oxygen atoms in total.